The van der Waals surface area contributed by atoms with E-state index in [0.717, 1.165) is 25.1 Å². The molecule has 0 atom stereocenters. The average molecular weight is 481 g/mol. The van der Waals surface area contributed by atoms with E-state index >= 15 is 0 Å². The predicted octanol–water partition coefficient (Wildman–Crippen LogP) is 2.44. The fraction of sp³-hybridized carbons (Fsp3) is 0.500. The van der Waals surface area contributed by atoms with Gasteiger partial charge in [-0.2, -0.15) is 18.2 Å². The van der Waals surface area contributed by atoms with Gasteiger partial charge in [-0.1, -0.05) is 0 Å². The molecule has 8 nitrogen and oxygen atoms in total. The molecule has 182 valence electrons. The number of phenols is 1. The molecule has 12 heteroatoms. The molecule has 34 heavy (non-hydrogen) atoms. The first-order valence-corrected chi connectivity index (χ1v) is 11.0. The number of anilines is 3. The summed E-state index contributed by atoms with van der Waals surface area (Å²) in [6.07, 6.45) is -3.16. The van der Waals surface area contributed by atoms with Gasteiger partial charge < -0.3 is 19.8 Å². The SMILES string of the molecule is CN1CCCc2c1nc(N1CCC3(CC1)C(=O)N(CC(F)(F)F)c1cc(O)cc(F)c13)[nH]c2=O. The number of nitrogens with zero attached hydrogens (tertiary/aromatic N) is 4. The van der Waals surface area contributed by atoms with Crippen LogP contribution in [0.4, 0.5) is 35.0 Å². The Labute approximate surface area is 191 Å². The number of aromatic hydroxyl groups is 1. The number of fused-ring (bicyclic) bond motifs is 3. The molecule has 3 aliphatic rings. The van der Waals surface area contributed by atoms with Crippen molar-refractivity contribution in [2.45, 2.75) is 37.3 Å². The first kappa shape index (κ1) is 22.5. The molecule has 2 aromatic rings. The Morgan fingerprint density at radius 3 is 2.56 bits per heavy atom. The number of alkyl halides is 3. The van der Waals surface area contributed by atoms with E-state index in [2.05, 4.69) is 9.97 Å². The molecular weight excluding hydrogens is 458 g/mol. The van der Waals surface area contributed by atoms with Crippen LogP contribution >= 0.6 is 0 Å². The Kier molecular flexibility index (Phi) is 5.03. The fourth-order valence-corrected chi connectivity index (χ4v) is 5.40. The Hall–Kier alpha value is -3.31. The van der Waals surface area contributed by atoms with Gasteiger partial charge in [-0.05, 0) is 25.7 Å². The van der Waals surface area contributed by atoms with Gasteiger partial charge in [0.2, 0.25) is 11.9 Å². The molecule has 1 aromatic heterocycles. The highest BCUT2D eigenvalue weighted by atomic mass is 19.4. The third-order valence-electron chi connectivity index (χ3n) is 7.00. The molecule has 0 bridgehead atoms. The van der Waals surface area contributed by atoms with Gasteiger partial charge in [0.25, 0.3) is 5.56 Å². The van der Waals surface area contributed by atoms with Crippen molar-refractivity contribution in [2.24, 2.45) is 0 Å². The largest absolute Gasteiger partial charge is 0.508 e. The normalized spacial score (nSPS) is 19.6. The summed E-state index contributed by atoms with van der Waals surface area (Å²) in [5.41, 5.74) is -1.50. The van der Waals surface area contributed by atoms with Gasteiger partial charge in [0.05, 0.1) is 16.7 Å². The lowest BCUT2D eigenvalue weighted by Gasteiger charge is -2.39. The summed E-state index contributed by atoms with van der Waals surface area (Å²) in [7, 11) is 1.85. The molecule has 3 aliphatic heterocycles. The lowest BCUT2D eigenvalue weighted by atomic mass is 9.73. The second kappa shape index (κ2) is 7.60. The van der Waals surface area contributed by atoms with E-state index in [1.807, 2.05) is 11.9 Å². The number of hydrogen-bond acceptors (Lipinski definition) is 6. The van der Waals surface area contributed by atoms with Gasteiger partial charge in [-0.25, -0.2) is 4.39 Å². The van der Waals surface area contributed by atoms with Gasteiger partial charge in [-0.3, -0.25) is 14.6 Å². The minimum atomic E-state index is -4.69. The van der Waals surface area contributed by atoms with Crippen LogP contribution < -0.4 is 20.3 Å². The van der Waals surface area contributed by atoms with Crippen molar-refractivity contribution in [1.29, 1.82) is 0 Å². The molecule has 1 aromatic carbocycles. The predicted molar refractivity (Wildman–Crippen MR) is 116 cm³/mol. The topological polar surface area (TPSA) is 92.8 Å². The van der Waals surface area contributed by atoms with Crippen molar-refractivity contribution >= 4 is 23.4 Å². The number of piperidine rings is 1. The second-order valence-electron chi connectivity index (χ2n) is 9.11. The van der Waals surface area contributed by atoms with Gasteiger partial charge in [0.15, 0.2) is 0 Å². The zero-order chi connectivity index (χ0) is 24.4. The molecule has 1 amide bonds. The van der Waals surface area contributed by atoms with E-state index in [1.54, 1.807) is 4.90 Å². The number of nitrogens with one attached hydrogen (secondary N) is 1. The third-order valence-corrected chi connectivity index (χ3v) is 7.00. The summed E-state index contributed by atoms with van der Waals surface area (Å²) in [5, 5.41) is 9.79. The van der Waals surface area contributed by atoms with E-state index in [4.69, 9.17) is 0 Å². The molecule has 0 unspecified atom stereocenters. The van der Waals surface area contributed by atoms with Gasteiger partial charge >= 0.3 is 6.18 Å². The van der Waals surface area contributed by atoms with Crippen LogP contribution in [0.2, 0.25) is 0 Å². The lowest BCUT2D eigenvalue weighted by molar-refractivity contribution is -0.135. The number of halogens is 4. The number of phenolic OH excluding ortho intramolecular Hbond substituents is 1. The van der Waals surface area contributed by atoms with Crippen molar-refractivity contribution in [1.82, 2.24) is 9.97 Å². The van der Waals surface area contributed by atoms with E-state index in [1.165, 1.54) is 0 Å². The van der Waals surface area contributed by atoms with Crippen molar-refractivity contribution < 1.29 is 27.5 Å². The van der Waals surface area contributed by atoms with Gasteiger partial charge in [-0.15, -0.1) is 0 Å². The lowest BCUT2D eigenvalue weighted by Crippen LogP contribution is -2.51. The van der Waals surface area contributed by atoms with Gasteiger partial charge in [0.1, 0.15) is 23.9 Å². The van der Waals surface area contributed by atoms with E-state index < -0.39 is 35.6 Å². The molecule has 5 rings (SSSR count). The van der Waals surface area contributed by atoms with Crippen LogP contribution in [0.1, 0.15) is 30.4 Å². The minimum Gasteiger partial charge on any atom is -0.508 e. The zero-order valence-electron chi connectivity index (χ0n) is 18.4. The maximum absolute atomic E-state index is 15.0. The maximum atomic E-state index is 15.0. The number of hydrogen-bond donors (Lipinski definition) is 2. The molecule has 0 saturated carbocycles. The number of carbonyl (C=O) groups is 1. The standard InChI is InChI=1S/C22H23F4N5O3/c1-29-6-2-3-13-17(29)27-20(28-18(13)33)30-7-4-21(5-8-30)16-14(23)9-12(32)10-15(16)31(19(21)34)11-22(24,25)26/h9-10,32H,2-8,11H2,1H3,(H,27,28,33). The summed E-state index contributed by atoms with van der Waals surface area (Å²) in [5.74, 6) is -1.40. The van der Waals surface area contributed by atoms with Crippen LogP contribution in [0.15, 0.2) is 16.9 Å². The Bertz CT molecular complexity index is 1220. The number of H-pyrrole nitrogens is 1. The van der Waals surface area contributed by atoms with Crippen LogP contribution in [0.3, 0.4) is 0 Å². The van der Waals surface area contributed by atoms with Crippen LogP contribution in [0.5, 0.6) is 5.75 Å². The summed E-state index contributed by atoms with van der Waals surface area (Å²) < 4.78 is 54.6. The molecule has 0 aliphatic carbocycles. The summed E-state index contributed by atoms with van der Waals surface area (Å²) in [6.45, 7) is -0.453. The summed E-state index contributed by atoms with van der Waals surface area (Å²) in [4.78, 5) is 37.4. The summed E-state index contributed by atoms with van der Waals surface area (Å²) >= 11 is 0. The van der Waals surface area contributed by atoms with Crippen molar-refractivity contribution in [3.8, 4) is 5.75 Å². The Morgan fingerprint density at radius 1 is 1.18 bits per heavy atom. The van der Waals surface area contributed by atoms with Crippen molar-refractivity contribution in [3.05, 3.63) is 39.4 Å². The van der Waals surface area contributed by atoms with Crippen LogP contribution in [-0.4, -0.2) is 60.4 Å². The van der Waals surface area contributed by atoms with E-state index in [-0.39, 0.29) is 42.7 Å². The molecule has 1 spiro atoms. The van der Waals surface area contributed by atoms with Gasteiger partial charge in [0, 0.05) is 44.4 Å². The van der Waals surface area contributed by atoms with E-state index in [0.29, 0.717) is 28.7 Å². The molecule has 1 saturated heterocycles. The molecule has 0 radical (unpaired) electrons. The van der Waals surface area contributed by atoms with Crippen LogP contribution in [0.25, 0.3) is 0 Å². The molecule has 1 fully saturated rings. The fourth-order valence-electron chi connectivity index (χ4n) is 5.40. The number of rotatable bonds is 2. The van der Waals surface area contributed by atoms with Crippen molar-refractivity contribution in [3.63, 3.8) is 0 Å². The van der Waals surface area contributed by atoms with Crippen molar-refractivity contribution in [2.75, 3.05) is 47.9 Å². The zero-order valence-corrected chi connectivity index (χ0v) is 18.4. The number of carbonyl (C=O) groups excluding carboxylic acids is 1. The maximum Gasteiger partial charge on any atom is 0.406 e. The Balaban J connectivity index is 1.48. The highest BCUT2D eigenvalue weighted by molar-refractivity contribution is 6.08. The third kappa shape index (κ3) is 3.46. The first-order chi connectivity index (χ1) is 16.0. The number of amides is 1. The molecular formula is C22H23F4N5O3. The first-order valence-electron chi connectivity index (χ1n) is 11.0. The number of aromatic nitrogens is 2. The highest BCUT2D eigenvalue weighted by Gasteiger charge is 2.55. The highest BCUT2D eigenvalue weighted by Crippen LogP contribution is 2.51. The molecule has 4 heterocycles. The number of aromatic amines is 1. The van der Waals surface area contributed by atoms with Crippen LogP contribution in [0, 0.1) is 5.82 Å². The smallest absolute Gasteiger partial charge is 0.406 e. The molecule has 2 N–H and O–H groups in total. The average Bonchev–Trinajstić information content (AvgIpc) is 2.96. The Morgan fingerprint density at radius 2 is 1.88 bits per heavy atom. The second-order valence-corrected chi connectivity index (χ2v) is 9.11. The monoisotopic (exact) mass is 481 g/mol. The number of benzene rings is 1. The quantitative estimate of drug-likeness (QED) is 0.641. The minimum absolute atomic E-state index is 0.0333. The van der Waals surface area contributed by atoms with Crippen LogP contribution in [-0.2, 0) is 16.6 Å². The summed E-state index contributed by atoms with van der Waals surface area (Å²) in [6, 6.07) is 1.82. The van der Waals surface area contributed by atoms with E-state index in [9.17, 15) is 32.3 Å².